The summed E-state index contributed by atoms with van der Waals surface area (Å²) in [6.45, 7) is 5.45. The summed E-state index contributed by atoms with van der Waals surface area (Å²) in [5, 5.41) is 9.64. The topological polar surface area (TPSA) is 98.5 Å². The van der Waals surface area contributed by atoms with E-state index in [9.17, 15) is 10.1 Å². The molecule has 1 aromatic heterocycles. The van der Waals surface area contributed by atoms with Crippen molar-refractivity contribution in [2.45, 2.75) is 26.7 Å². The molecule has 2 N–H and O–H groups in total. The third-order valence-corrected chi connectivity index (χ3v) is 4.35. The number of rotatable bonds is 4. The number of allylic oxidation sites excluding steroid dienone is 2. The normalized spacial score (nSPS) is 16.7. The summed E-state index contributed by atoms with van der Waals surface area (Å²) in [6.07, 6.45) is 0. The Morgan fingerprint density at radius 1 is 1.30 bits per heavy atom. The number of esters is 1. The summed E-state index contributed by atoms with van der Waals surface area (Å²) in [5.41, 5.74) is 7.94. The van der Waals surface area contributed by atoms with E-state index in [2.05, 4.69) is 6.07 Å². The summed E-state index contributed by atoms with van der Waals surface area (Å²) in [7, 11) is 0. The number of aryl methyl sites for hydroxylation is 1. The van der Waals surface area contributed by atoms with E-state index >= 15 is 0 Å². The quantitative estimate of drug-likeness (QED) is 0.826. The maximum absolute atomic E-state index is 12.6. The molecule has 6 nitrogen and oxygen atoms in total. The monoisotopic (exact) mass is 364 g/mol. The van der Waals surface area contributed by atoms with Gasteiger partial charge in [0, 0.05) is 5.56 Å². The fourth-order valence-corrected chi connectivity index (χ4v) is 3.15. The fraction of sp³-hybridized carbons (Fsp3) is 0.238. The van der Waals surface area contributed by atoms with Crippen LogP contribution in [0.5, 0.6) is 0 Å². The first kappa shape index (κ1) is 18.3. The maximum atomic E-state index is 12.6. The van der Waals surface area contributed by atoms with Crippen molar-refractivity contribution >= 4 is 5.97 Å². The molecule has 0 spiro atoms. The highest BCUT2D eigenvalue weighted by atomic mass is 16.5. The lowest BCUT2D eigenvalue weighted by Crippen LogP contribution is -2.25. The minimum Gasteiger partial charge on any atom is -0.463 e. The Morgan fingerprint density at radius 2 is 2.07 bits per heavy atom. The van der Waals surface area contributed by atoms with E-state index in [0.717, 1.165) is 16.9 Å². The van der Waals surface area contributed by atoms with Crippen LogP contribution in [0.25, 0.3) is 11.3 Å². The number of hydrogen-bond acceptors (Lipinski definition) is 6. The number of ether oxygens (including phenoxy) is 2. The van der Waals surface area contributed by atoms with Crippen LogP contribution in [-0.4, -0.2) is 12.6 Å². The van der Waals surface area contributed by atoms with Gasteiger partial charge in [-0.1, -0.05) is 18.2 Å². The molecular formula is C21H20N2O4. The molecule has 0 aliphatic carbocycles. The van der Waals surface area contributed by atoms with Gasteiger partial charge in [-0.3, -0.25) is 0 Å². The number of carbonyl (C=O) groups is 1. The highest BCUT2D eigenvalue weighted by Gasteiger charge is 2.36. The van der Waals surface area contributed by atoms with Gasteiger partial charge in [-0.25, -0.2) is 4.79 Å². The summed E-state index contributed by atoms with van der Waals surface area (Å²) < 4.78 is 16.3. The van der Waals surface area contributed by atoms with Crippen LogP contribution in [0.4, 0.5) is 0 Å². The molecule has 1 atom stereocenters. The lowest BCUT2D eigenvalue weighted by atomic mass is 9.82. The lowest BCUT2D eigenvalue weighted by molar-refractivity contribution is -0.139. The highest BCUT2D eigenvalue weighted by Crippen LogP contribution is 2.40. The Bertz CT molecular complexity index is 992. The molecule has 1 aromatic carbocycles. The van der Waals surface area contributed by atoms with Crippen molar-refractivity contribution in [3.63, 3.8) is 0 Å². The van der Waals surface area contributed by atoms with Crippen molar-refractivity contribution in [3.05, 3.63) is 70.5 Å². The fourth-order valence-electron chi connectivity index (χ4n) is 3.15. The van der Waals surface area contributed by atoms with Crippen LogP contribution in [0.15, 0.2) is 63.6 Å². The van der Waals surface area contributed by atoms with Crippen molar-refractivity contribution < 1.29 is 18.7 Å². The van der Waals surface area contributed by atoms with Gasteiger partial charge in [-0.05, 0) is 44.5 Å². The Labute approximate surface area is 157 Å². The van der Waals surface area contributed by atoms with E-state index in [4.69, 9.17) is 19.6 Å². The molecule has 138 valence electrons. The van der Waals surface area contributed by atoms with Crippen molar-refractivity contribution in [2.75, 3.05) is 6.61 Å². The van der Waals surface area contributed by atoms with Gasteiger partial charge in [0.15, 0.2) is 0 Å². The van der Waals surface area contributed by atoms with Gasteiger partial charge in [0.05, 0.1) is 18.1 Å². The van der Waals surface area contributed by atoms with Crippen LogP contribution in [0.3, 0.4) is 0 Å². The molecule has 1 aliphatic rings. The first-order valence-corrected chi connectivity index (χ1v) is 8.58. The first-order valence-electron chi connectivity index (χ1n) is 8.58. The molecule has 0 saturated heterocycles. The van der Waals surface area contributed by atoms with Gasteiger partial charge in [0.1, 0.15) is 28.9 Å². The number of carbonyl (C=O) groups excluding carboxylic acids is 1. The predicted octanol–water partition coefficient (Wildman–Crippen LogP) is 3.90. The van der Waals surface area contributed by atoms with Gasteiger partial charge in [0.2, 0.25) is 5.88 Å². The second-order valence-electron chi connectivity index (χ2n) is 6.15. The van der Waals surface area contributed by atoms with Gasteiger partial charge < -0.3 is 19.6 Å². The van der Waals surface area contributed by atoms with Crippen molar-refractivity contribution in [2.24, 2.45) is 5.73 Å². The van der Waals surface area contributed by atoms with Crippen molar-refractivity contribution in [1.82, 2.24) is 0 Å². The van der Waals surface area contributed by atoms with Crippen LogP contribution in [0.2, 0.25) is 0 Å². The zero-order valence-electron chi connectivity index (χ0n) is 15.4. The SMILES string of the molecule is CCOC(=O)C1=C(C)OC(N)=C(C#N)C1c1cccc(-c2ccc(C)o2)c1. The average Bonchev–Trinajstić information content (AvgIpc) is 3.08. The zero-order chi connectivity index (χ0) is 19.6. The average molecular weight is 364 g/mol. The molecule has 1 unspecified atom stereocenters. The largest absolute Gasteiger partial charge is 0.463 e. The molecular weight excluding hydrogens is 344 g/mol. The summed E-state index contributed by atoms with van der Waals surface area (Å²) >= 11 is 0. The van der Waals surface area contributed by atoms with Crippen LogP contribution in [0.1, 0.15) is 31.1 Å². The van der Waals surface area contributed by atoms with E-state index in [1.807, 2.05) is 43.3 Å². The second kappa shape index (κ2) is 7.42. The standard InChI is InChI=1S/C21H20N2O4/c1-4-25-21(24)18-13(3)27-20(23)16(11-22)19(18)15-7-5-6-14(10-15)17-9-8-12(2)26-17/h5-10,19H,4,23H2,1-3H3. The minimum absolute atomic E-state index is 0.00713. The van der Waals surface area contributed by atoms with E-state index in [0.29, 0.717) is 11.5 Å². The molecule has 0 amide bonds. The van der Waals surface area contributed by atoms with Crippen LogP contribution >= 0.6 is 0 Å². The second-order valence-corrected chi connectivity index (χ2v) is 6.15. The molecule has 0 radical (unpaired) electrons. The Hall–Kier alpha value is -3.46. The number of nitrogens with two attached hydrogens (primary N) is 1. The predicted molar refractivity (Wildman–Crippen MR) is 98.9 cm³/mol. The number of nitrogens with zero attached hydrogens (tertiary/aromatic N) is 1. The van der Waals surface area contributed by atoms with Crippen LogP contribution in [-0.2, 0) is 14.3 Å². The Balaban J connectivity index is 2.14. The summed E-state index contributed by atoms with van der Waals surface area (Å²) in [4.78, 5) is 12.6. The third-order valence-electron chi connectivity index (χ3n) is 4.35. The van der Waals surface area contributed by atoms with Gasteiger partial charge >= 0.3 is 5.97 Å². The number of furan rings is 1. The first-order chi connectivity index (χ1) is 13.0. The molecule has 0 saturated carbocycles. The molecule has 3 rings (SSSR count). The smallest absolute Gasteiger partial charge is 0.338 e. The summed E-state index contributed by atoms with van der Waals surface area (Å²) in [5.74, 6) is 0.626. The number of nitriles is 1. The maximum Gasteiger partial charge on any atom is 0.338 e. The van der Waals surface area contributed by atoms with E-state index < -0.39 is 11.9 Å². The molecule has 27 heavy (non-hydrogen) atoms. The molecule has 1 aliphatic heterocycles. The number of benzene rings is 1. The van der Waals surface area contributed by atoms with Crippen molar-refractivity contribution in [1.29, 1.82) is 5.26 Å². The molecule has 2 aromatic rings. The van der Waals surface area contributed by atoms with Gasteiger partial charge in [-0.15, -0.1) is 0 Å². The van der Waals surface area contributed by atoms with E-state index in [-0.39, 0.29) is 23.6 Å². The number of hydrogen-bond donors (Lipinski definition) is 1. The zero-order valence-corrected chi connectivity index (χ0v) is 15.4. The summed E-state index contributed by atoms with van der Waals surface area (Å²) in [6, 6.07) is 13.3. The minimum atomic E-state index is -0.668. The van der Waals surface area contributed by atoms with Crippen molar-refractivity contribution in [3.8, 4) is 17.4 Å². The van der Waals surface area contributed by atoms with E-state index in [1.165, 1.54) is 0 Å². The van der Waals surface area contributed by atoms with Crippen LogP contribution in [0, 0.1) is 18.3 Å². The van der Waals surface area contributed by atoms with Crippen LogP contribution < -0.4 is 5.73 Å². The third kappa shape index (κ3) is 3.44. The van der Waals surface area contributed by atoms with Gasteiger partial charge in [-0.2, -0.15) is 5.26 Å². The Kier molecular flexibility index (Phi) is 5.04. The lowest BCUT2D eigenvalue weighted by Gasteiger charge is -2.27. The Morgan fingerprint density at radius 3 is 2.70 bits per heavy atom. The molecule has 0 fully saturated rings. The highest BCUT2D eigenvalue weighted by molar-refractivity contribution is 5.92. The van der Waals surface area contributed by atoms with E-state index in [1.54, 1.807) is 13.8 Å². The van der Waals surface area contributed by atoms with Gasteiger partial charge in [0.25, 0.3) is 0 Å². The molecule has 2 heterocycles. The molecule has 0 bridgehead atoms. The molecule has 6 heteroatoms.